The van der Waals surface area contributed by atoms with Crippen molar-refractivity contribution in [3.05, 3.63) is 0 Å². The van der Waals surface area contributed by atoms with Crippen molar-refractivity contribution in [3.63, 3.8) is 0 Å². The largest absolute Gasteiger partial charge is 0.394 e. The summed E-state index contributed by atoms with van der Waals surface area (Å²) in [5.74, 6) is 0.637. The normalized spacial score (nSPS) is 27.2. The van der Waals surface area contributed by atoms with Crippen LogP contribution in [0.3, 0.4) is 0 Å². The molecule has 1 unspecified atom stereocenters. The van der Waals surface area contributed by atoms with Crippen LogP contribution in [0.25, 0.3) is 0 Å². The lowest BCUT2D eigenvalue weighted by Gasteiger charge is -2.31. The molecule has 2 rings (SSSR count). The van der Waals surface area contributed by atoms with Gasteiger partial charge in [-0.1, -0.05) is 19.3 Å². The number of nitrogens with zero attached hydrogens (tertiary/aromatic N) is 1. The standard InChI is InChI=1S/C14H26N2O2/c1-11(12-6-3-2-4-7-12)15-14(18)16-9-5-8-13(16)10-17/h11-13,17H,2-10H2,1H3,(H,15,18)/t11?,13-/m0/s1. The van der Waals surface area contributed by atoms with E-state index in [1.807, 2.05) is 0 Å². The summed E-state index contributed by atoms with van der Waals surface area (Å²) >= 11 is 0. The lowest BCUT2D eigenvalue weighted by molar-refractivity contribution is 0.150. The Morgan fingerprint density at radius 2 is 2.00 bits per heavy atom. The van der Waals surface area contributed by atoms with E-state index in [0.717, 1.165) is 19.4 Å². The van der Waals surface area contributed by atoms with Gasteiger partial charge in [0, 0.05) is 12.6 Å². The first-order chi connectivity index (χ1) is 8.72. The predicted molar refractivity (Wildman–Crippen MR) is 71.4 cm³/mol. The van der Waals surface area contributed by atoms with E-state index in [9.17, 15) is 9.90 Å². The summed E-state index contributed by atoms with van der Waals surface area (Å²) in [6.45, 7) is 3.00. The van der Waals surface area contributed by atoms with Crippen LogP contribution in [-0.2, 0) is 0 Å². The summed E-state index contributed by atoms with van der Waals surface area (Å²) < 4.78 is 0. The van der Waals surface area contributed by atoms with E-state index in [0.29, 0.717) is 5.92 Å². The van der Waals surface area contributed by atoms with Gasteiger partial charge in [0.25, 0.3) is 0 Å². The minimum Gasteiger partial charge on any atom is -0.394 e. The third-order valence-electron chi connectivity index (χ3n) is 4.56. The van der Waals surface area contributed by atoms with Gasteiger partial charge in [-0.25, -0.2) is 4.79 Å². The van der Waals surface area contributed by atoms with Gasteiger partial charge in [0.05, 0.1) is 12.6 Å². The fourth-order valence-electron chi connectivity index (χ4n) is 3.32. The van der Waals surface area contributed by atoms with Gasteiger partial charge in [-0.2, -0.15) is 0 Å². The third kappa shape index (κ3) is 3.16. The zero-order chi connectivity index (χ0) is 13.0. The second-order valence-corrected chi connectivity index (χ2v) is 5.81. The van der Waals surface area contributed by atoms with Gasteiger partial charge < -0.3 is 15.3 Å². The fourth-order valence-corrected chi connectivity index (χ4v) is 3.32. The van der Waals surface area contributed by atoms with Crippen molar-refractivity contribution < 1.29 is 9.90 Å². The molecule has 0 aromatic rings. The van der Waals surface area contributed by atoms with Gasteiger partial charge in [-0.3, -0.25) is 0 Å². The summed E-state index contributed by atoms with van der Waals surface area (Å²) in [5, 5.41) is 12.4. The molecule has 4 nitrogen and oxygen atoms in total. The van der Waals surface area contributed by atoms with Crippen LogP contribution in [0.5, 0.6) is 0 Å². The summed E-state index contributed by atoms with van der Waals surface area (Å²) in [5.41, 5.74) is 0. The molecule has 1 heterocycles. The number of likely N-dealkylation sites (tertiary alicyclic amines) is 1. The van der Waals surface area contributed by atoms with Crippen molar-refractivity contribution in [2.24, 2.45) is 5.92 Å². The van der Waals surface area contributed by atoms with Crippen molar-refractivity contribution in [1.29, 1.82) is 0 Å². The molecule has 1 aliphatic carbocycles. The van der Waals surface area contributed by atoms with Crippen LogP contribution in [0.4, 0.5) is 4.79 Å². The third-order valence-corrected chi connectivity index (χ3v) is 4.56. The Kier molecular flexibility index (Phi) is 4.87. The smallest absolute Gasteiger partial charge is 0.317 e. The molecule has 0 radical (unpaired) electrons. The number of aliphatic hydroxyl groups excluding tert-OH is 1. The molecule has 1 saturated heterocycles. The number of aliphatic hydroxyl groups is 1. The average molecular weight is 254 g/mol. The van der Waals surface area contributed by atoms with E-state index in [2.05, 4.69) is 12.2 Å². The zero-order valence-corrected chi connectivity index (χ0v) is 11.4. The maximum Gasteiger partial charge on any atom is 0.317 e. The number of carbonyl (C=O) groups is 1. The van der Waals surface area contributed by atoms with Gasteiger partial charge in [-0.15, -0.1) is 0 Å². The highest BCUT2D eigenvalue weighted by Crippen LogP contribution is 2.26. The molecule has 2 aliphatic rings. The number of rotatable bonds is 3. The van der Waals surface area contributed by atoms with Crippen molar-refractivity contribution in [2.75, 3.05) is 13.2 Å². The number of carbonyl (C=O) groups excluding carboxylic acids is 1. The molecule has 2 N–H and O–H groups in total. The first-order valence-electron chi connectivity index (χ1n) is 7.40. The lowest BCUT2D eigenvalue weighted by Crippen LogP contribution is -2.49. The predicted octanol–water partition coefficient (Wildman–Crippen LogP) is 2.12. The molecule has 0 aromatic carbocycles. The first kappa shape index (κ1) is 13.7. The number of urea groups is 1. The molecule has 4 heteroatoms. The van der Waals surface area contributed by atoms with Crippen LogP contribution < -0.4 is 5.32 Å². The molecule has 104 valence electrons. The molecule has 0 aromatic heterocycles. The Morgan fingerprint density at radius 1 is 1.28 bits per heavy atom. The number of hydrogen-bond acceptors (Lipinski definition) is 2. The molecular weight excluding hydrogens is 228 g/mol. The summed E-state index contributed by atoms with van der Waals surface area (Å²) in [6, 6.07) is 0.311. The van der Waals surface area contributed by atoms with Gasteiger partial charge in [0.2, 0.25) is 0 Å². The quantitative estimate of drug-likeness (QED) is 0.810. The molecule has 0 spiro atoms. The molecule has 0 bridgehead atoms. The highest BCUT2D eigenvalue weighted by molar-refractivity contribution is 5.75. The molecule has 1 aliphatic heterocycles. The number of nitrogens with one attached hydrogen (secondary N) is 1. The Hall–Kier alpha value is -0.770. The Morgan fingerprint density at radius 3 is 2.67 bits per heavy atom. The van der Waals surface area contributed by atoms with Gasteiger partial charge in [0.1, 0.15) is 0 Å². The van der Waals surface area contributed by atoms with Gasteiger partial charge in [-0.05, 0) is 38.5 Å². The Balaban J connectivity index is 1.82. The van der Waals surface area contributed by atoms with Crippen molar-refractivity contribution in [1.82, 2.24) is 10.2 Å². The minimum atomic E-state index is 0.0182. The van der Waals surface area contributed by atoms with Crippen LogP contribution in [0, 0.1) is 5.92 Å². The summed E-state index contributed by atoms with van der Waals surface area (Å²) in [7, 11) is 0. The molecule has 1 saturated carbocycles. The van der Waals surface area contributed by atoms with Crippen molar-refractivity contribution >= 4 is 6.03 Å². The van der Waals surface area contributed by atoms with E-state index in [4.69, 9.17) is 0 Å². The Labute approximate surface area is 110 Å². The lowest BCUT2D eigenvalue weighted by atomic mass is 9.84. The average Bonchev–Trinajstić information content (AvgIpc) is 2.88. The number of amides is 2. The van der Waals surface area contributed by atoms with Crippen LogP contribution >= 0.6 is 0 Å². The van der Waals surface area contributed by atoms with Gasteiger partial charge in [0.15, 0.2) is 0 Å². The first-order valence-corrected chi connectivity index (χ1v) is 7.40. The van der Waals surface area contributed by atoms with E-state index in [1.54, 1.807) is 4.90 Å². The van der Waals surface area contributed by atoms with E-state index in [-0.39, 0.29) is 24.7 Å². The summed E-state index contributed by atoms with van der Waals surface area (Å²) in [4.78, 5) is 14.0. The molecule has 18 heavy (non-hydrogen) atoms. The fraction of sp³-hybridized carbons (Fsp3) is 0.929. The maximum absolute atomic E-state index is 12.2. The Bertz CT molecular complexity index is 277. The van der Waals surface area contributed by atoms with E-state index >= 15 is 0 Å². The van der Waals surface area contributed by atoms with Crippen LogP contribution in [0.2, 0.25) is 0 Å². The second-order valence-electron chi connectivity index (χ2n) is 5.81. The van der Waals surface area contributed by atoms with Crippen LogP contribution in [0.1, 0.15) is 51.9 Å². The zero-order valence-electron chi connectivity index (χ0n) is 11.4. The molecule has 2 atom stereocenters. The van der Waals surface area contributed by atoms with Gasteiger partial charge >= 0.3 is 6.03 Å². The van der Waals surface area contributed by atoms with Crippen molar-refractivity contribution in [3.8, 4) is 0 Å². The minimum absolute atomic E-state index is 0.0182. The highest BCUT2D eigenvalue weighted by Gasteiger charge is 2.30. The van der Waals surface area contributed by atoms with Crippen LogP contribution in [0.15, 0.2) is 0 Å². The molecule has 2 amide bonds. The SMILES string of the molecule is CC(NC(=O)N1CCC[C@H]1CO)C1CCCCC1. The molecular formula is C14H26N2O2. The summed E-state index contributed by atoms with van der Waals surface area (Å²) in [6.07, 6.45) is 8.37. The van der Waals surface area contributed by atoms with E-state index in [1.165, 1.54) is 32.1 Å². The monoisotopic (exact) mass is 254 g/mol. The van der Waals surface area contributed by atoms with Crippen molar-refractivity contribution in [2.45, 2.75) is 64.0 Å². The second kappa shape index (κ2) is 6.41. The van der Waals surface area contributed by atoms with E-state index < -0.39 is 0 Å². The van der Waals surface area contributed by atoms with Crippen LogP contribution in [-0.4, -0.2) is 41.3 Å². The topological polar surface area (TPSA) is 52.6 Å². The molecule has 2 fully saturated rings. The number of hydrogen-bond donors (Lipinski definition) is 2. The maximum atomic E-state index is 12.2. The highest BCUT2D eigenvalue weighted by atomic mass is 16.3.